The molecule has 0 aliphatic carbocycles. The maximum Gasteiger partial charge on any atom is 0.282 e. The fourth-order valence-corrected chi connectivity index (χ4v) is 4.99. The average Bonchev–Trinajstić information content (AvgIpc) is 2.95. The number of nitrogens with one attached hydrogen (secondary N) is 1. The van der Waals surface area contributed by atoms with Gasteiger partial charge < -0.3 is 5.32 Å². The topological polar surface area (TPSA) is 65.5 Å². The number of rotatable bonds is 3. The van der Waals surface area contributed by atoms with Gasteiger partial charge in [0.2, 0.25) is 0 Å². The molecule has 2 aliphatic rings. The minimum Gasteiger partial charge on any atom is -0.313 e. The fourth-order valence-electron chi connectivity index (χ4n) is 3.07. The maximum absolute atomic E-state index is 12.9. The highest BCUT2D eigenvalue weighted by molar-refractivity contribution is 7.86. The second-order valence-corrected chi connectivity index (χ2v) is 7.76. The lowest BCUT2D eigenvalue weighted by Crippen LogP contribution is -2.52. The summed E-state index contributed by atoms with van der Waals surface area (Å²) >= 11 is 0. The summed E-state index contributed by atoms with van der Waals surface area (Å²) in [7, 11) is -3.39. The average molecular weight is 310 g/mol. The summed E-state index contributed by atoms with van der Waals surface area (Å²) < 4.78 is 29.1. The lowest BCUT2D eigenvalue weighted by atomic mass is 10.1. The molecule has 2 fully saturated rings. The summed E-state index contributed by atoms with van der Waals surface area (Å²) in [6.07, 6.45) is 4.41. The van der Waals surface area contributed by atoms with Gasteiger partial charge in [0.05, 0.1) is 6.04 Å². The third-order valence-corrected chi connectivity index (χ3v) is 6.29. The van der Waals surface area contributed by atoms with E-state index in [1.807, 2.05) is 12.1 Å². The van der Waals surface area contributed by atoms with E-state index in [0.29, 0.717) is 38.6 Å². The first-order valence-electron chi connectivity index (χ1n) is 7.46. The minimum atomic E-state index is -3.39. The van der Waals surface area contributed by atoms with E-state index in [4.69, 9.17) is 0 Å². The molecule has 116 valence electrons. The molecule has 1 aromatic heterocycles. The van der Waals surface area contributed by atoms with Crippen LogP contribution >= 0.6 is 0 Å². The van der Waals surface area contributed by atoms with Gasteiger partial charge in [0.25, 0.3) is 10.2 Å². The van der Waals surface area contributed by atoms with Gasteiger partial charge in [0.1, 0.15) is 0 Å². The first-order chi connectivity index (χ1) is 10.1. The van der Waals surface area contributed by atoms with Crippen LogP contribution in [0.2, 0.25) is 0 Å². The largest absolute Gasteiger partial charge is 0.313 e. The molecule has 3 heterocycles. The highest BCUT2D eigenvalue weighted by Crippen LogP contribution is 2.29. The van der Waals surface area contributed by atoms with Crippen LogP contribution in [0.15, 0.2) is 24.5 Å². The fraction of sp³-hybridized carbons (Fsp3) is 0.643. The van der Waals surface area contributed by atoms with Crippen LogP contribution in [0.25, 0.3) is 0 Å². The summed E-state index contributed by atoms with van der Waals surface area (Å²) in [5.41, 5.74) is 0.945. The van der Waals surface area contributed by atoms with Crippen molar-refractivity contribution in [3.8, 4) is 0 Å². The molecule has 1 N–H and O–H groups in total. The molecule has 6 nitrogen and oxygen atoms in total. The number of pyridine rings is 1. The SMILES string of the molecule is CC1CCN(S(=O)(=O)N2CCNCC2c2cccnc2)C1. The van der Waals surface area contributed by atoms with Crippen molar-refractivity contribution >= 4 is 10.2 Å². The van der Waals surface area contributed by atoms with E-state index in [-0.39, 0.29) is 6.04 Å². The molecule has 0 aromatic carbocycles. The Bertz CT molecular complexity index is 578. The van der Waals surface area contributed by atoms with Gasteiger partial charge >= 0.3 is 0 Å². The van der Waals surface area contributed by atoms with E-state index in [9.17, 15) is 8.42 Å². The van der Waals surface area contributed by atoms with Crippen molar-refractivity contribution in [2.24, 2.45) is 5.92 Å². The van der Waals surface area contributed by atoms with Crippen molar-refractivity contribution in [3.05, 3.63) is 30.1 Å². The molecule has 0 spiro atoms. The molecule has 2 atom stereocenters. The zero-order chi connectivity index (χ0) is 14.9. The Kier molecular flexibility index (Phi) is 4.26. The first kappa shape index (κ1) is 14.9. The van der Waals surface area contributed by atoms with Gasteiger partial charge in [-0.3, -0.25) is 4.98 Å². The number of hydrogen-bond acceptors (Lipinski definition) is 4. The van der Waals surface area contributed by atoms with Gasteiger partial charge in [0.15, 0.2) is 0 Å². The van der Waals surface area contributed by atoms with E-state index in [0.717, 1.165) is 12.0 Å². The molecule has 1 aromatic rings. The van der Waals surface area contributed by atoms with Crippen LogP contribution < -0.4 is 5.32 Å². The summed E-state index contributed by atoms with van der Waals surface area (Å²) in [5, 5.41) is 3.28. The molecule has 0 amide bonds. The third-order valence-electron chi connectivity index (χ3n) is 4.27. The Hall–Kier alpha value is -1.02. The standard InChI is InChI=1S/C14H22N4O2S/c1-12-4-7-17(11-12)21(19,20)18-8-6-16-10-14(18)13-3-2-5-15-9-13/h2-3,5,9,12,14,16H,4,6-8,10-11H2,1H3. The van der Waals surface area contributed by atoms with Gasteiger partial charge in [0, 0.05) is 45.1 Å². The van der Waals surface area contributed by atoms with Crippen LogP contribution in [-0.4, -0.2) is 54.7 Å². The number of piperazine rings is 1. The highest BCUT2D eigenvalue weighted by atomic mass is 32.2. The lowest BCUT2D eigenvalue weighted by Gasteiger charge is -2.37. The molecule has 2 saturated heterocycles. The Labute approximate surface area is 126 Å². The highest BCUT2D eigenvalue weighted by Gasteiger charge is 2.39. The number of nitrogens with zero attached hydrogens (tertiary/aromatic N) is 3. The molecular weight excluding hydrogens is 288 g/mol. The van der Waals surface area contributed by atoms with Crippen LogP contribution in [0.3, 0.4) is 0 Å². The van der Waals surface area contributed by atoms with Crippen molar-refractivity contribution in [2.75, 3.05) is 32.7 Å². The third kappa shape index (κ3) is 2.96. The maximum atomic E-state index is 12.9. The summed E-state index contributed by atoms with van der Waals surface area (Å²) in [4.78, 5) is 4.12. The molecule has 21 heavy (non-hydrogen) atoms. The molecule has 2 unspecified atom stereocenters. The summed E-state index contributed by atoms with van der Waals surface area (Å²) in [6, 6.07) is 3.63. The molecule has 0 saturated carbocycles. The van der Waals surface area contributed by atoms with Crippen LogP contribution in [-0.2, 0) is 10.2 Å². The Morgan fingerprint density at radius 2 is 2.24 bits per heavy atom. The lowest BCUT2D eigenvalue weighted by molar-refractivity contribution is 0.251. The predicted molar refractivity (Wildman–Crippen MR) is 80.8 cm³/mol. The molecule has 0 radical (unpaired) electrons. The van der Waals surface area contributed by atoms with E-state index in [2.05, 4.69) is 17.2 Å². The second-order valence-electron chi connectivity index (χ2n) is 5.88. The first-order valence-corrected chi connectivity index (χ1v) is 8.86. The molecule has 2 aliphatic heterocycles. The van der Waals surface area contributed by atoms with Crippen molar-refractivity contribution in [1.29, 1.82) is 0 Å². The molecule has 0 bridgehead atoms. The second kappa shape index (κ2) is 6.00. The molecular formula is C14H22N4O2S. The molecule has 3 rings (SSSR count). The quantitative estimate of drug-likeness (QED) is 0.888. The minimum absolute atomic E-state index is 0.173. The predicted octanol–water partition coefficient (Wildman–Crippen LogP) is 0.614. The smallest absolute Gasteiger partial charge is 0.282 e. The van der Waals surface area contributed by atoms with Crippen LogP contribution in [0.4, 0.5) is 0 Å². The van der Waals surface area contributed by atoms with Gasteiger partial charge in [-0.15, -0.1) is 0 Å². The Balaban J connectivity index is 1.87. The van der Waals surface area contributed by atoms with Gasteiger partial charge in [-0.1, -0.05) is 13.0 Å². The van der Waals surface area contributed by atoms with E-state index < -0.39 is 10.2 Å². The van der Waals surface area contributed by atoms with E-state index in [1.165, 1.54) is 0 Å². The van der Waals surface area contributed by atoms with Gasteiger partial charge in [-0.25, -0.2) is 0 Å². The van der Waals surface area contributed by atoms with Crippen molar-refractivity contribution < 1.29 is 8.42 Å². The van der Waals surface area contributed by atoms with Crippen molar-refractivity contribution in [3.63, 3.8) is 0 Å². The van der Waals surface area contributed by atoms with Crippen molar-refractivity contribution in [1.82, 2.24) is 18.9 Å². The zero-order valence-corrected chi connectivity index (χ0v) is 13.1. The number of hydrogen-bond donors (Lipinski definition) is 1. The zero-order valence-electron chi connectivity index (χ0n) is 12.3. The Morgan fingerprint density at radius 3 is 2.90 bits per heavy atom. The van der Waals surface area contributed by atoms with Gasteiger partial charge in [-0.2, -0.15) is 17.0 Å². The van der Waals surface area contributed by atoms with E-state index >= 15 is 0 Å². The molecule has 7 heteroatoms. The summed E-state index contributed by atoms with van der Waals surface area (Å²) in [6.45, 7) is 5.20. The normalized spacial score (nSPS) is 28.8. The van der Waals surface area contributed by atoms with Gasteiger partial charge in [-0.05, 0) is 24.0 Å². The van der Waals surface area contributed by atoms with E-state index in [1.54, 1.807) is 21.0 Å². The van der Waals surface area contributed by atoms with Crippen molar-refractivity contribution in [2.45, 2.75) is 19.4 Å². The summed E-state index contributed by atoms with van der Waals surface area (Å²) in [5.74, 6) is 0.444. The Morgan fingerprint density at radius 1 is 1.38 bits per heavy atom. The van der Waals surface area contributed by atoms with Crippen LogP contribution in [0.1, 0.15) is 24.9 Å². The van der Waals surface area contributed by atoms with Crippen LogP contribution in [0.5, 0.6) is 0 Å². The number of aromatic nitrogens is 1. The monoisotopic (exact) mass is 310 g/mol. The van der Waals surface area contributed by atoms with Crippen LogP contribution in [0, 0.1) is 5.92 Å².